The number of halogens is 2. The fourth-order valence-corrected chi connectivity index (χ4v) is 2.25. The standard InChI is InChI=1S/C18H13ClFN3O/c19-12-6-8-14(9-7-12)23-18(24)16-5-2-10-21-17(16)22-15-4-1-3-13(20)11-15/h1-11H,(H,21,22)(H,23,24). The molecule has 1 amide bonds. The first-order chi connectivity index (χ1) is 11.6. The van der Waals surface area contributed by atoms with Gasteiger partial charge in [-0.25, -0.2) is 9.37 Å². The summed E-state index contributed by atoms with van der Waals surface area (Å²) in [6, 6.07) is 16.0. The van der Waals surface area contributed by atoms with E-state index in [1.54, 1.807) is 54.7 Å². The molecule has 0 radical (unpaired) electrons. The van der Waals surface area contributed by atoms with Crippen molar-refractivity contribution in [1.29, 1.82) is 0 Å². The minimum Gasteiger partial charge on any atom is -0.339 e. The first-order valence-corrected chi connectivity index (χ1v) is 7.54. The molecule has 3 rings (SSSR count). The predicted octanol–water partition coefficient (Wildman–Crippen LogP) is 4.87. The molecule has 6 heteroatoms. The Morgan fingerprint density at radius 2 is 1.79 bits per heavy atom. The van der Waals surface area contributed by atoms with Gasteiger partial charge in [0, 0.05) is 22.6 Å². The van der Waals surface area contributed by atoms with Crippen LogP contribution in [-0.2, 0) is 0 Å². The molecule has 0 bridgehead atoms. The molecule has 24 heavy (non-hydrogen) atoms. The highest BCUT2D eigenvalue weighted by atomic mass is 35.5. The molecule has 0 unspecified atom stereocenters. The third kappa shape index (κ3) is 3.88. The van der Waals surface area contributed by atoms with Crippen molar-refractivity contribution < 1.29 is 9.18 Å². The first-order valence-electron chi connectivity index (χ1n) is 7.16. The Morgan fingerprint density at radius 3 is 2.54 bits per heavy atom. The summed E-state index contributed by atoms with van der Waals surface area (Å²) in [6.07, 6.45) is 1.56. The number of carbonyl (C=O) groups is 1. The van der Waals surface area contributed by atoms with Crippen LogP contribution in [0, 0.1) is 5.82 Å². The third-order valence-electron chi connectivity index (χ3n) is 3.24. The minimum atomic E-state index is -0.372. The van der Waals surface area contributed by atoms with Crippen molar-refractivity contribution in [2.75, 3.05) is 10.6 Å². The Balaban J connectivity index is 1.83. The zero-order valence-corrected chi connectivity index (χ0v) is 13.2. The van der Waals surface area contributed by atoms with Gasteiger partial charge >= 0.3 is 0 Å². The molecule has 1 heterocycles. The Kier molecular flexibility index (Phi) is 4.72. The molecule has 1 aromatic heterocycles. The maximum absolute atomic E-state index is 13.3. The van der Waals surface area contributed by atoms with E-state index >= 15 is 0 Å². The van der Waals surface area contributed by atoms with E-state index in [2.05, 4.69) is 15.6 Å². The topological polar surface area (TPSA) is 54.0 Å². The normalized spacial score (nSPS) is 10.2. The summed E-state index contributed by atoms with van der Waals surface area (Å²) in [7, 11) is 0. The number of carbonyl (C=O) groups excluding carboxylic acids is 1. The molecule has 0 saturated heterocycles. The van der Waals surface area contributed by atoms with Crippen molar-refractivity contribution in [2.45, 2.75) is 0 Å². The fraction of sp³-hybridized carbons (Fsp3) is 0. The van der Waals surface area contributed by atoms with Gasteiger partial charge < -0.3 is 10.6 Å². The lowest BCUT2D eigenvalue weighted by atomic mass is 10.2. The van der Waals surface area contributed by atoms with Crippen LogP contribution in [-0.4, -0.2) is 10.9 Å². The molecular weight excluding hydrogens is 329 g/mol. The van der Waals surface area contributed by atoms with Crippen LogP contribution in [0.25, 0.3) is 0 Å². The molecule has 0 spiro atoms. The molecule has 4 nitrogen and oxygen atoms in total. The third-order valence-corrected chi connectivity index (χ3v) is 3.49. The molecule has 120 valence electrons. The minimum absolute atomic E-state index is 0.329. The highest BCUT2D eigenvalue weighted by Crippen LogP contribution is 2.21. The zero-order chi connectivity index (χ0) is 16.9. The van der Waals surface area contributed by atoms with Gasteiger partial charge in [-0.1, -0.05) is 17.7 Å². The molecule has 0 atom stereocenters. The smallest absolute Gasteiger partial charge is 0.259 e. The van der Waals surface area contributed by atoms with Gasteiger partial charge in [0.25, 0.3) is 5.91 Å². The van der Waals surface area contributed by atoms with Gasteiger partial charge in [-0.2, -0.15) is 0 Å². The van der Waals surface area contributed by atoms with E-state index in [0.717, 1.165) is 0 Å². The summed E-state index contributed by atoms with van der Waals surface area (Å²) in [5.41, 5.74) is 1.47. The average Bonchev–Trinajstić information content (AvgIpc) is 2.57. The van der Waals surface area contributed by atoms with Crippen LogP contribution in [0.1, 0.15) is 10.4 Å². The quantitative estimate of drug-likeness (QED) is 0.711. The predicted molar refractivity (Wildman–Crippen MR) is 93.3 cm³/mol. The Bertz CT molecular complexity index is 868. The van der Waals surface area contributed by atoms with Crippen LogP contribution >= 0.6 is 11.6 Å². The lowest BCUT2D eigenvalue weighted by molar-refractivity contribution is 0.102. The number of nitrogens with one attached hydrogen (secondary N) is 2. The maximum Gasteiger partial charge on any atom is 0.259 e. The second-order valence-electron chi connectivity index (χ2n) is 5.00. The van der Waals surface area contributed by atoms with E-state index in [9.17, 15) is 9.18 Å². The molecule has 2 N–H and O–H groups in total. The van der Waals surface area contributed by atoms with E-state index < -0.39 is 0 Å². The number of anilines is 3. The highest BCUT2D eigenvalue weighted by molar-refractivity contribution is 6.30. The Hall–Kier alpha value is -2.92. The van der Waals surface area contributed by atoms with Crippen molar-refractivity contribution >= 4 is 34.7 Å². The summed E-state index contributed by atoms with van der Waals surface area (Å²) < 4.78 is 13.3. The van der Waals surface area contributed by atoms with Crippen LogP contribution in [0.5, 0.6) is 0 Å². The molecule has 0 fully saturated rings. The van der Waals surface area contributed by atoms with Gasteiger partial charge in [0.1, 0.15) is 11.6 Å². The monoisotopic (exact) mass is 341 g/mol. The van der Waals surface area contributed by atoms with Crippen molar-refractivity contribution in [3.8, 4) is 0 Å². The van der Waals surface area contributed by atoms with E-state index in [1.165, 1.54) is 12.1 Å². The van der Waals surface area contributed by atoms with Gasteiger partial charge in [-0.15, -0.1) is 0 Å². The highest BCUT2D eigenvalue weighted by Gasteiger charge is 2.13. The maximum atomic E-state index is 13.3. The van der Waals surface area contributed by atoms with Gasteiger partial charge in [0.05, 0.1) is 5.56 Å². The van der Waals surface area contributed by atoms with Gasteiger partial charge in [0.2, 0.25) is 0 Å². The summed E-state index contributed by atoms with van der Waals surface area (Å²) in [5.74, 6) is -0.359. The van der Waals surface area contributed by atoms with Crippen LogP contribution in [0.2, 0.25) is 5.02 Å². The van der Waals surface area contributed by atoms with Gasteiger partial charge in [-0.05, 0) is 54.6 Å². The number of nitrogens with zero attached hydrogens (tertiary/aromatic N) is 1. The molecule has 0 aliphatic carbocycles. The number of amides is 1. The fourth-order valence-electron chi connectivity index (χ4n) is 2.12. The summed E-state index contributed by atoms with van der Waals surface area (Å²) in [4.78, 5) is 16.6. The average molecular weight is 342 g/mol. The molecule has 2 aromatic carbocycles. The largest absolute Gasteiger partial charge is 0.339 e. The number of rotatable bonds is 4. The first kappa shape index (κ1) is 16.0. The van der Waals surface area contributed by atoms with E-state index in [1.807, 2.05) is 0 Å². The van der Waals surface area contributed by atoms with Crippen LogP contribution < -0.4 is 10.6 Å². The lowest BCUT2D eigenvalue weighted by Crippen LogP contribution is -2.14. The molecule has 3 aromatic rings. The summed E-state index contributed by atoms with van der Waals surface area (Å²) in [5, 5.41) is 6.31. The zero-order valence-electron chi connectivity index (χ0n) is 12.5. The number of benzene rings is 2. The van der Waals surface area contributed by atoms with E-state index in [0.29, 0.717) is 27.8 Å². The van der Waals surface area contributed by atoms with Gasteiger partial charge in [-0.3, -0.25) is 4.79 Å². The SMILES string of the molecule is O=C(Nc1ccc(Cl)cc1)c1cccnc1Nc1cccc(F)c1. The van der Waals surface area contributed by atoms with E-state index in [4.69, 9.17) is 11.6 Å². The van der Waals surface area contributed by atoms with Crippen molar-refractivity contribution in [3.05, 3.63) is 83.3 Å². The van der Waals surface area contributed by atoms with Crippen LogP contribution in [0.15, 0.2) is 66.9 Å². The molecule has 0 aliphatic rings. The van der Waals surface area contributed by atoms with Crippen molar-refractivity contribution in [1.82, 2.24) is 4.98 Å². The Labute approximate surface area is 143 Å². The summed E-state index contributed by atoms with van der Waals surface area (Å²) in [6.45, 7) is 0. The van der Waals surface area contributed by atoms with Crippen LogP contribution in [0.4, 0.5) is 21.6 Å². The molecular formula is C18H13ClFN3O. The van der Waals surface area contributed by atoms with E-state index in [-0.39, 0.29) is 11.7 Å². The molecule has 0 aliphatic heterocycles. The Morgan fingerprint density at radius 1 is 1.00 bits per heavy atom. The molecule has 0 saturated carbocycles. The summed E-state index contributed by atoms with van der Waals surface area (Å²) >= 11 is 5.83. The number of aromatic nitrogens is 1. The second-order valence-corrected chi connectivity index (χ2v) is 5.43. The van der Waals surface area contributed by atoms with Gasteiger partial charge in [0.15, 0.2) is 0 Å². The number of hydrogen-bond acceptors (Lipinski definition) is 3. The van der Waals surface area contributed by atoms with Crippen LogP contribution in [0.3, 0.4) is 0 Å². The van der Waals surface area contributed by atoms with Crippen molar-refractivity contribution in [2.24, 2.45) is 0 Å². The lowest BCUT2D eigenvalue weighted by Gasteiger charge is -2.11. The number of pyridine rings is 1. The number of hydrogen-bond donors (Lipinski definition) is 2. The second kappa shape index (κ2) is 7.10. The van der Waals surface area contributed by atoms with Crippen molar-refractivity contribution in [3.63, 3.8) is 0 Å².